The molecule has 0 spiro atoms. The Kier molecular flexibility index (Phi) is 4.65. The number of aromatic amines is 2. The minimum atomic E-state index is 0.330. The Hall–Kier alpha value is -4.46. The summed E-state index contributed by atoms with van der Waals surface area (Å²) in [7, 11) is 0. The van der Waals surface area contributed by atoms with Crippen LogP contribution in [-0.4, -0.2) is 40.7 Å². The van der Waals surface area contributed by atoms with Crippen molar-refractivity contribution in [2.24, 2.45) is 0 Å². The second-order valence-electron chi connectivity index (χ2n) is 8.80. The van der Waals surface area contributed by atoms with Crippen molar-refractivity contribution in [3.05, 3.63) is 73.2 Å². The SMILES string of the molecule is Cc1cn(-c2cccc3[nH]c(-c4[nH]nc5ncc(-c6cncc(NC(C)C)c6)cc45)cc23)cn1. The fraction of sp³-hybridized carbons (Fsp3) is 0.154. The fourth-order valence-electron chi connectivity index (χ4n) is 4.32. The number of aryl methyl sites for hydroxylation is 1. The minimum Gasteiger partial charge on any atom is -0.382 e. The lowest BCUT2D eigenvalue weighted by Gasteiger charge is -2.10. The summed E-state index contributed by atoms with van der Waals surface area (Å²) in [6, 6.07) is 12.9. The van der Waals surface area contributed by atoms with Crippen molar-refractivity contribution in [2.45, 2.75) is 26.8 Å². The molecule has 0 bridgehead atoms. The quantitative estimate of drug-likeness (QED) is 0.324. The third-order valence-corrected chi connectivity index (χ3v) is 5.84. The van der Waals surface area contributed by atoms with Crippen molar-refractivity contribution in [1.82, 2.24) is 34.7 Å². The van der Waals surface area contributed by atoms with E-state index in [1.54, 1.807) is 0 Å². The van der Waals surface area contributed by atoms with Crippen molar-refractivity contribution < 1.29 is 0 Å². The number of hydrogen-bond donors (Lipinski definition) is 3. The van der Waals surface area contributed by atoms with Crippen LogP contribution in [0.4, 0.5) is 5.69 Å². The summed E-state index contributed by atoms with van der Waals surface area (Å²) in [6.07, 6.45) is 9.40. The molecule has 0 aliphatic heterocycles. The van der Waals surface area contributed by atoms with Gasteiger partial charge in [-0.15, -0.1) is 0 Å². The zero-order valence-electron chi connectivity index (χ0n) is 19.2. The van der Waals surface area contributed by atoms with Gasteiger partial charge in [0.1, 0.15) is 0 Å². The number of hydrogen-bond acceptors (Lipinski definition) is 5. The van der Waals surface area contributed by atoms with Gasteiger partial charge in [0.25, 0.3) is 0 Å². The molecule has 3 N–H and O–H groups in total. The number of aromatic nitrogens is 7. The highest BCUT2D eigenvalue weighted by Gasteiger charge is 2.15. The highest BCUT2D eigenvalue weighted by Crippen LogP contribution is 2.33. The van der Waals surface area contributed by atoms with E-state index >= 15 is 0 Å². The van der Waals surface area contributed by atoms with Gasteiger partial charge in [-0.3, -0.25) is 10.1 Å². The number of H-pyrrole nitrogens is 2. The molecule has 0 amide bonds. The number of pyridine rings is 2. The first kappa shape index (κ1) is 20.2. The van der Waals surface area contributed by atoms with Crippen molar-refractivity contribution in [3.8, 4) is 28.2 Å². The molecule has 0 saturated heterocycles. The van der Waals surface area contributed by atoms with E-state index in [9.17, 15) is 0 Å². The summed E-state index contributed by atoms with van der Waals surface area (Å²) in [6.45, 7) is 6.21. The van der Waals surface area contributed by atoms with E-state index in [1.807, 2.05) is 48.7 Å². The Morgan fingerprint density at radius 1 is 0.971 bits per heavy atom. The van der Waals surface area contributed by atoms with Crippen LogP contribution in [-0.2, 0) is 0 Å². The maximum absolute atomic E-state index is 4.60. The molecule has 0 saturated carbocycles. The lowest BCUT2D eigenvalue weighted by Crippen LogP contribution is -2.09. The summed E-state index contributed by atoms with van der Waals surface area (Å²) in [5.74, 6) is 0. The Labute approximate surface area is 196 Å². The smallest absolute Gasteiger partial charge is 0.181 e. The first-order valence-corrected chi connectivity index (χ1v) is 11.2. The van der Waals surface area contributed by atoms with E-state index in [2.05, 4.69) is 79.6 Å². The monoisotopic (exact) mass is 448 g/mol. The van der Waals surface area contributed by atoms with Crippen molar-refractivity contribution in [2.75, 3.05) is 5.32 Å². The normalized spacial score (nSPS) is 11.6. The van der Waals surface area contributed by atoms with Crippen LogP contribution in [0.15, 0.2) is 67.5 Å². The average molecular weight is 449 g/mol. The van der Waals surface area contributed by atoms with Crippen LogP contribution in [0.1, 0.15) is 19.5 Å². The van der Waals surface area contributed by atoms with Gasteiger partial charge in [-0.25, -0.2) is 9.97 Å². The number of rotatable bonds is 5. The van der Waals surface area contributed by atoms with Crippen molar-refractivity contribution >= 4 is 27.6 Å². The topological polar surface area (TPSA) is 100 Å². The maximum Gasteiger partial charge on any atom is 0.181 e. The van der Waals surface area contributed by atoms with E-state index in [-0.39, 0.29) is 0 Å². The summed E-state index contributed by atoms with van der Waals surface area (Å²) >= 11 is 0. The number of nitrogens with one attached hydrogen (secondary N) is 3. The predicted octanol–water partition coefficient (Wildman–Crippen LogP) is 5.48. The van der Waals surface area contributed by atoms with Crippen LogP contribution in [0.3, 0.4) is 0 Å². The summed E-state index contributed by atoms with van der Waals surface area (Å²) in [4.78, 5) is 16.9. The zero-order valence-corrected chi connectivity index (χ0v) is 19.2. The molecule has 34 heavy (non-hydrogen) atoms. The predicted molar refractivity (Wildman–Crippen MR) is 135 cm³/mol. The number of imidazole rings is 1. The zero-order chi connectivity index (χ0) is 23.2. The van der Waals surface area contributed by atoms with Gasteiger partial charge in [0.05, 0.1) is 34.8 Å². The molecule has 0 aliphatic rings. The number of nitrogens with zero attached hydrogens (tertiary/aromatic N) is 5. The van der Waals surface area contributed by atoms with Crippen molar-refractivity contribution in [3.63, 3.8) is 0 Å². The molecular weight excluding hydrogens is 424 g/mol. The van der Waals surface area contributed by atoms with E-state index in [1.165, 1.54) is 0 Å². The summed E-state index contributed by atoms with van der Waals surface area (Å²) in [5, 5.41) is 13.1. The minimum absolute atomic E-state index is 0.330. The lowest BCUT2D eigenvalue weighted by molar-refractivity contribution is 0.898. The molecule has 0 aliphatic carbocycles. The van der Waals surface area contributed by atoms with Gasteiger partial charge in [0, 0.05) is 58.2 Å². The van der Waals surface area contributed by atoms with Gasteiger partial charge < -0.3 is 14.9 Å². The third-order valence-electron chi connectivity index (χ3n) is 5.84. The second kappa shape index (κ2) is 7.84. The molecule has 0 atom stereocenters. The maximum atomic E-state index is 4.60. The fourth-order valence-corrected chi connectivity index (χ4v) is 4.32. The van der Waals surface area contributed by atoms with E-state index < -0.39 is 0 Å². The standard InChI is InChI=1S/C26H24N8/c1-15(2)30-19-7-17(10-27-12-19)18-8-21-25(32-33-26(21)28-11-18)23-9-20-22(31-23)5-4-6-24(20)34-13-16(3)29-14-34/h4-15,30-31H,1-3H3,(H,28,32,33). The first-order valence-electron chi connectivity index (χ1n) is 11.2. The second-order valence-corrected chi connectivity index (χ2v) is 8.80. The van der Waals surface area contributed by atoms with Gasteiger partial charge in [0.15, 0.2) is 5.65 Å². The Balaban J connectivity index is 1.45. The number of fused-ring (bicyclic) bond motifs is 2. The van der Waals surface area contributed by atoms with Gasteiger partial charge in [0.2, 0.25) is 0 Å². The molecule has 8 nitrogen and oxygen atoms in total. The van der Waals surface area contributed by atoms with Crippen LogP contribution < -0.4 is 5.32 Å². The van der Waals surface area contributed by atoms with E-state index in [0.717, 1.165) is 55.9 Å². The molecule has 0 unspecified atom stereocenters. The van der Waals surface area contributed by atoms with Gasteiger partial charge in [-0.1, -0.05) is 6.07 Å². The van der Waals surface area contributed by atoms with Crippen LogP contribution in [0, 0.1) is 6.92 Å². The van der Waals surface area contributed by atoms with Crippen LogP contribution >= 0.6 is 0 Å². The molecule has 168 valence electrons. The molecule has 0 fully saturated rings. The van der Waals surface area contributed by atoms with Gasteiger partial charge >= 0.3 is 0 Å². The van der Waals surface area contributed by atoms with E-state index in [0.29, 0.717) is 11.7 Å². The van der Waals surface area contributed by atoms with Gasteiger partial charge in [-0.05, 0) is 51.1 Å². The molecular formula is C26H24N8. The van der Waals surface area contributed by atoms with Crippen molar-refractivity contribution in [1.29, 1.82) is 0 Å². The Morgan fingerprint density at radius 2 is 1.85 bits per heavy atom. The molecule has 5 aromatic heterocycles. The largest absolute Gasteiger partial charge is 0.382 e. The highest BCUT2D eigenvalue weighted by molar-refractivity contribution is 5.98. The molecule has 8 heteroatoms. The molecule has 6 rings (SSSR count). The molecule has 5 heterocycles. The van der Waals surface area contributed by atoms with Crippen LogP contribution in [0.5, 0.6) is 0 Å². The average Bonchev–Trinajstić information content (AvgIpc) is 3.55. The lowest BCUT2D eigenvalue weighted by atomic mass is 10.1. The first-order chi connectivity index (χ1) is 16.5. The summed E-state index contributed by atoms with van der Waals surface area (Å²) in [5.41, 5.74) is 8.60. The summed E-state index contributed by atoms with van der Waals surface area (Å²) < 4.78 is 2.05. The Morgan fingerprint density at radius 3 is 2.68 bits per heavy atom. The van der Waals surface area contributed by atoms with Crippen LogP contribution in [0.2, 0.25) is 0 Å². The van der Waals surface area contributed by atoms with E-state index in [4.69, 9.17) is 0 Å². The number of anilines is 1. The molecule has 0 radical (unpaired) electrons. The van der Waals surface area contributed by atoms with Gasteiger partial charge in [-0.2, -0.15) is 5.10 Å². The number of benzene rings is 1. The molecule has 6 aromatic rings. The third kappa shape index (κ3) is 3.49. The highest BCUT2D eigenvalue weighted by atomic mass is 15.2. The molecule has 1 aromatic carbocycles. The Bertz CT molecular complexity index is 1640. The van der Waals surface area contributed by atoms with Crippen LogP contribution in [0.25, 0.3) is 50.1 Å².